The van der Waals surface area contributed by atoms with E-state index in [1.807, 2.05) is 30.3 Å². The van der Waals surface area contributed by atoms with Gasteiger partial charge in [0.15, 0.2) is 0 Å². The highest BCUT2D eigenvalue weighted by Crippen LogP contribution is 2.29. The summed E-state index contributed by atoms with van der Waals surface area (Å²) in [4.78, 5) is 26.9. The molecule has 4 N–H and O–H groups in total. The lowest BCUT2D eigenvalue weighted by Crippen LogP contribution is -2.55. The fourth-order valence-corrected chi connectivity index (χ4v) is 5.79. The normalized spacial score (nSPS) is 18.3. The summed E-state index contributed by atoms with van der Waals surface area (Å²) in [7, 11) is 0. The average Bonchev–Trinajstić information content (AvgIpc) is 2.90. The van der Waals surface area contributed by atoms with Gasteiger partial charge in [-0.2, -0.15) is 11.8 Å². The summed E-state index contributed by atoms with van der Waals surface area (Å²) in [5.74, 6) is 2.44. The van der Waals surface area contributed by atoms with E-state index in [9.17, 15) is 19.8 Å². The highest BCUT2D eigenvalue weighted by atomic mass is 32.2. The summed E-state index contributed by atoms with van der Waals surface area (Å²) < 4.78 is -0.0146. The van der Waals surface area contributed by atoms with E-state index in [-0.39, 0.29) is 23.0 Å². The molecule has 1 saturated carbocycles. The van der Waals surface area contributed by atoms with Crippen molar-refractivity contribution in [2.75, 3.05) is 5.75 Å². The van der Waals surface area contributed by atoms with E-state index in [1.165, 1.54) is 12.5 Å². The van der Waals surface area contributed by atoms with Crippen molar-refractivity contribution in [2.45, 2.75) is 101 Å². The van der Waals surface area contributed by atoms with E-state index in [2.05, 4.69) is 43.9 Å². The zero-order chi connectivity index (χ0) is 28.1. The van der Waals surface area contributed by atoms with Crippen molar-refractivity contribution in [3.8, 4) is 12.3 Å². The number of amides is 2. The number of hydrogen-bond donors (Lipinski definition) is 4. The molecule has 0 bridgehead atoms. The second kappa shape index (κ2) is 16.0. The number of terminal acetylenes is 1. The second-order valence-electron chi connectivity index (χ2n) is 11.4. The van der Waals surface area contributed by atoms with Crippen LogP contribution < -0.4 is 10.6 Å². The molecule has 0 aliphatic heterocycles. The fourth-order valence-electron chi connectivity index (χ4n) is 4.82. The molecule has 0 saturated heterocycles. The van der Waals surface area contributed by atoms with Crippen LogP contribution in [0.1, 0.15) is 71.3 Å². The third kappa shape index (κ3) is 11.2. The van der Waals surface area contributed by atoms with Gasteiger partial charge >= 0.3 is 0 Å². The Morgan fingerprint density at radius 2 is 1.79 bits per heavy atom. The van der Waals surface area contributed by atoms with Gasteiger partial charge in [0, 0.05) is 16.9 Å². The second-order valence-corrected chi connectivity index (χ2v) is 13.2. The number of aliphatic hydroxyl groups excluding tert-OH is 2. The molecule has 2 rings (SSSR count). The molecule has 6 nitrogen and oxygen atoms in total. The number of carbonyl (C=O) groups is 2. The number of nitrogens with one attached hydrogen (secondary N) is 2. The molecule has 0 aromatic heterocycles. The van der Waals surface area contributed by atoms with Crippen LogP contribution in [0, 0.1) is 24.2 Å². The third-order valence-electron chi connectivity index (χ3n) is 7.01. The Morgan fingerprint density at radius 1 is 1.13 bits per heavy atom. The molecule has 1 aromatic rings. The summed E-state index contributed by atoms with van der Waals surface area (Å²) in [5.41, 5.74) is 1.05. The number of thioether (sulfide) groups is 1. The van der Waals surface area contributed by atoms with Gasteiger partial charge in [-0.1, -0.05) is 89.3 Å². The van der Waals surface area contributed by atoms with Crippen molar-refractivity contribution in [3.05, 3.63) is 48.6 Å². The van der Waals surface area contributed by atoms with E-state index < -0.39 is 30.2 Å². The number of benzene rings is 1. The van der Waals surface area contributed by atoms with Crippen molar-refractivity contribution in [2.24, 2.45) is 11.8 Å². The zero-order valence-electron chi connectivity index (χ0n) is 23.2. The van der Waals surface area contributed by atoms with Gasteiger partial charge in [-0.05, 0) is 24.3 Å². The fraction of sp³-hybridized carbons (Fsp3) is 0.613. The molecule has 0 radical (unpaired) electrons. The Hall–Kier alpha value is -2.27. The van der Waals surface area contributed by atoms with Gasteiger partial charge in [0.2, 0.25) is 11.8 Å². The lowest BCUT2D eigenvalue weighted by atomic mass is 9.83. The van der Waals surface area contributed by atoms with Crippen LogP contribution in [0.3, 0.4) is 0 Å². The largest absolute Gasteiger partial charge is 0.388 e. The molecule has 7 heteroatoms. The van der Waals surface area contributed by atoms with Crippen molar-refractivity contribution < 1.29 is 19.8 Å². The monoisotopic (exact) mass is 542 g/mol. The van der Waals surface area contributed by atoms with Crippen LogP contribution in [0.5, 0.6) is 0 Å². The Balaban J connectivity index is 2.16. The maximum Gasteiger partial charge on any atom is 0.243 e. The zero-order valence-corrected chi connectivity index (χ0v) is 24.0. The van der Waals surface area contributed by atoms with Gasteiger partial charge in [0.05, 0.1) is 18.1 Å². The topological polar surface area (TPSA) is 98.7 Å². The highest BCUT2D eigenvalue weighted by molar-refractivity contribution is 8.00. The summed E-state index contributed by atoms with van der Waals surface area (Å²) in [6, 6.07) is 8.22. The minimum Gasteiger partial charge on any atom is -0.388 e. The summed E-state index contributed by atoms with van der Waals surface area (Å²) in [5, 5.41) is 26.8. The molecule has 0 unspecified atom stereocenters. The van der Waals surface area contributed by atoms with E-state index in [4.69, 9.17) is 6.42 Å². The van der Waals surface area contributed by atoms with Gasteiger partial charge in [0.25, 0.3) is 0 Å². The van der Waals surface area contributed by atoms with Crippen molar-refractivity contribution in [1.29, 1.82) is 0 Å². The first-order valence-electron chi connectivity index (χ1n) is 13.7. The van der Waals surface area contributed by atoms with Crippen LogP contribution in [0.25, 0.3) is 0 Å². The number of carbonyl (C=O) groups excluding carboxylic acids is 2. The molecule has 0 heterocycles. The summed E-state index contributed by atoms with van der Waals surface area (Å²) >= 11 is 1.71. The van der Waals surface area contributed by atoms with Crippen LogP contribution in [0.15, 0.2) is 43.0 Å². The molecule has 5 atom stereocenters. The molecule has 1 aliphatic rings. The van der Waals surface area contributed by atoms with Gasteiger partial charge in [-0.15, -0.1) is 18.9 Å². The van der Waals surface area contributed by atoms with Crippen LogP contribution in [0.2, 0.25) is 0 Å². The van der Waals surface area contributed by atoms with Crippen molar-refractivity contribution >= 4 is 23.6 Å². The summed E-state index contributed by atoms with van der Waals surface area (Å²) in [6.45, 7) is 9.91. The summed E-state index contributed by atoms with van der Waals surface area (Å²) in [6.07, 6.45) is 11.1. The molecule has 1 aliphatic carbocycles. The Kier molecular flexibility index (Phi) is 13.4. The quantitative estimate of drug-likeness (QED) is 0.208. The Labute approximate surface area is 233 Å². The Morgan fingerprint density at radius 3 is 2.37 bits per heavy atom. The molecule has 38 heavy (non-hydrogen) atoms. The van der Waals surface area contributed by atoms with Gasteiger partial charge in [-0.3, -0.25) is 9.59 Å². The lowest BCUT2D eigenvalue weighted by Gasteiger charge is -2.32. The molecule has 0 spiro atoms. The molecule has 210 valence electrons. The number of aliphatic hydroxyl groups is 2. The van der Waals surface area contributed by atoms with Crippen LogP contribution in [-0.2, 0) is 16.0 Å². The Bertz CT molecular complexity index is 918. The number of rotatable bonds is 14. The SMILES string of the molecule is C#CC[C@H](NC(=O)[C@@H](CSC(C)(C)C)Cc1ccccc1)C(=O)N[C@@H](CC1CCCCC1)[C@@H](O)[C@@H](O)C=C. The third-order valence-corrected chi connectivity index (χ3v) is 8.45. The van der Waals surface area contributed by atoms with Crippen molar-refractivity contribution in [3.63, 3.8) is 0 Å². The standard InChI is InChI=1S/C31H46N2O4S/c1-6-14-25(30(37)33-26(28(35)27(34)7-2)20-23-17-12-9-13-18-23)32-29(36)24(21-38-31(3,4)5)19-22-15-10-8-11-16-22/h1,7-8,10-11,15-16,23-28,34-35H,2,9,12-14,17-21H2,3-5H3,(H,32,36)(H,33,37)/t24-,25+,26+,27+,28-/m1/s1. The first-order chi connectivity index (χ1) is 18.0. The first kappa shape index (κ1) is 31.9. The van der Waals surface area contributed by atoms with Crippen molar-refractivity contribution in [1.82, 2.24) is 10.6 Å². The highest BCUT2D eigenvalue weighted by Gasteiger charge is 2.33. The molecule has 1 aromatic carbocycles. The van der Waals surface area contributed by atoms with E-state index >= 15 is 0 Å². The van der Waals surface area contributed by atoms with Gasteiger partial charge in [-0.25, -0.2) is 0 Å². The maximum atomic E-state index is 13.5. The maximum absolute atomic E-state index is 13.5. The average molecular weight is 543 g/mol. The minimum atomic E-state index is -1.20. The predicted molar refractivity (Wildman–Crippen MR) is 157 cm³/mol. The van der Waals surface area contributed by atoms with E-state index in [1.54, 1.807) is 11.8 Å². The smallest absolute Gasteiger partial charge is 0.243 e. The number of hydrogen-bond acceptors (Lipinski definition) is 5. The van der Waals surface area contributed by atoms with Gasteiger partial charge < -0.3 is 20.8 Å². The molecular formula is C31H46N2O4S. The van der Waals surface area contributed by atoms with Gasteiger partial charge in [0.1, 0.15) is 12.1 Å². The van der Waals surface area contributed by atoms with Crippen LogP contribution in [0.4, 0.5) is 0 Å². The minimum absolute atomic E-state index is 0.0146. The first-order valence-corrected chi connectivity index (χ1v) is 14.7. The van der Waals surface area contributed by atoms with E-state index in [0.717, 1.165) is 31.2 Å². The van der Waals surface area contributed by atoms with Crippen LogP contribution >= 0.6 is 11.8 Å². The molecular weight excluding hydrogens is 496 g/mol. The molecule has 2 amide bonds. The lowest BCUT2D eigenvalue weighted by molar-refractivity contribution is -0.131. The molecule has 1 fully saturated rings. The van der Waals surface area contributed by atoms with Crippen LogP contribution in [-0.4, -0.2) is 56.8 Å². The van der Waals surface area contributed by atoms with E-state index in [0.29, 0.717) is 24.5 Å². The predicted octanol–water partition coefficient (Wildman–Crippen LogP) is 4.25.